The van der Waals surface area contributed by atoms with Crippen molar-refractivity contribution in [2.75, 3.05) is 36.1 Å². The summed E-state index contributed by atoms with van der Waals surface area (Å²) < 4.78 is 103. The predicted molar refractivity (Wildman–Crippen MR) is 245 cm³/mol. The van der Waals surface area contributed by atoms with Crippen LogP contribution in [0.1, 0.15) is 95.8 Å². The van der Waals surface area contributed by atoms with Crippen LogP contribution >= 0.6 is 0 Å². The minimum atomic E-state index is -6.20. The maximum absolute atomic E-state index is 15.5. The Labute approximate surface area is 415 Å². The number of halogens is 6. The van der Waals surface area contributed by atoms with Gasteiger partial charge < -0.3 is 9.47 Å². The Hall–Kier alpha value is -8.56. The molecule has 74 heavy (non-hydrogen) atoms. The van der Waals surface area contributed by atoms with Crippen LogP contribution in [0, 0.1) is 0 Å². The number of nitrogens with zero attached hydrogens (tertiary/aromatic N) is 4. The summed E-state index contributed by atoms with van der Waals surface area (Å²) in [6.45, 7) is -0.141. The fraction of sp³-hybridized carbons (Fsp3) is 0.269. The van der Waals surface area contributed by atoms with Gasteiger partial charge in [0.25, 0.3) is 47.3 Å². The second kappa shape index (κ2) is 20.5. The molecule has 0 bridgehead atoms. The van der Waals surface area contributed by atoms with E-state index in [0.717, 1.165) is 22.0 Å². The van der Waals surface area contributed by atoms with Gasteiger partial charge in [-0.1, -0.05) is 42.8 Å². The summed E-state index contributed by atoms with van der Waals surface area (Å²) in [6.07, 6.45) is -6.21. The van der Waals surface area contributed by atoms with E-state index in [1.165, 1.54) is 60.7 Å². The van der Waals surface area contributed by atoms with Crippen LogP contribution in [-0.2, 0) is 56.5 Å². The molecule has 4 heterocycles. The van der Waals surface area contributed by atoms with Crippen LogP contribution in [0.5, 0.6) is 0 Å². The number of esters is 2. The van der Waals surface area contributed by atoms with Gasteiger partial charge in [-0.05, 0) is 83.6 Å². The standard InChI is InChI=1S/C52H40F6N4O12/c53-51(54,55)50(52(56,57)58,33-10-16-37-39(29-33)49(72)62(47(37)70)35-13-7-31(8-14-35)23-27-74-45(68)21-25-60-42(65)19-20-43(60)66)32-9-15-36-38(28-32)48(71)61(46(36)69)34-11-5-30(6-12-34)22-26-73-44(67)4-2-1-3-24-59-40(63)17-18-41(59)64/h5-20,28-29H,1-4,21-27H2. The quantitative estimate of drug-likeness (QED) is 0.0419. The summed E-state index contributed by atoms with van der Waals surface area (Å²) in [4.78, 5) is 129. The summed E-state index contributed by atoms with van der Waals surface area (Å²) in [5.41, 5.74) is -9.43. The molecule has 0 atom stereocenters. The number of anilines is 2. The van der Waals surface area contributed by atoms with Crippen LogP contribution < -0.4 is 9.80 Å². The number of hydrogen-bond acceptors (Lipinski definition) is 12. The molecule has 4 aliphatic rings. The number of benzene rings is 4. The van der Waals surface area contributed by atoms with Gasteiger partial charge >= 0.3 is 24.3 Å². The Morgan fingerprint density at radius 1 is 0.432 bits per heavy atom. The van der Waals surface area contributed by atoms with Crippen molar-refractivity contribution in [1.29, 1.82) is 0 Å². The highest BCUT2D eigenvalue weighted by Crippen LogP contribution is 2.57. The molecule has 8 rings (SSSR count). The number of imide groups is 4. The first kappa shape index (κ1) is 51.8. The highest BCUT2D eigenvalue weighted by molar-refractivity contribution is 6.35. The van der Waals surface area contributed by atoms with Gasteiger partial charge in [-0.15, -0.1) is 0 Å². The SMILES string of the molecule is O=C(CCCCCN1C(=O)C=CC1=O)OCCc1ccc(N2C(=O)c3ccc(C(c4ccc5c(c4)C(=O)N(c4ccc(CCOC(=O)CCN6C(=O)C=CC6=O)cc4)C5=O)(C(F)(F)F)C(F)(F)F)cc3C2=O)cc1. The third-order valence-corrected chi connectivity index (χ3v) is 12.8. The van der Waals surface area contributed by atoms with Gasteiger partial charge in [0.1, 0.15) is 0 Å². The largest absolute Gasteiger partial charge is 0.465 e. The first-order valence-electron chi connectivity index (χ1n) is 22.9. The molecule has 4 aliphatic heterocycles. The van der Waals surface area contributed by atoms with Gasteiger partial charge in [-0.25, -0.2) is 9.80 Å². The fourth-order valence-corrected chi connectivity index (χ4v) is 8.95. The number of rotatable bonds is 19. The smallest absolute Gasteiger partial charge is 0.411 e. The zero-order chi connectivity index (χ0) is 53.3. The zero-order valence-corrected chi connectivity index (χ0v) is 38.6. The van der Waals surface area contributed by atoms with Crippen molar-refractivity contribution < 1.29 is 83.8 Å². The van der Waals surface area contributed by atoms with Gasteiger partial charge in [0.15, 0.2) is 0 Å². The molecule has 0 saturated carbocycles. The van der Waals surface area contributed by atoms with E-state index in [9.17, 15) is 47.9 Å². The van der Waals surface area contributed by atoms with E-state index < -0.39 is 110 Å². The Morgan fingerprint density at radius 2 is 0.811 bits per heavy atom. The molecule has 0 spiro atoms. The van der Waals surface area contributed by atoms with Crippen molar-refractivity contribution in [2.45, 2.75) is 62.7 Å². The molecule has 4 aromatic carbocycles. The molecule has 0 saturated heterocycles. The Kier molecular flexibility index (Phi) is 14.4. The van der Waals surface area contributed by atoms with Crippen LogP contribution in [-0.4, -0.2) is 108 Å². The van der Waals surface area contributed by atoms with E-state index in [-0.39, 0.29) is 63.4 Å². The summed E-state index contributed by atoms with van der Waals surface area (Å²) in [7, 11) is 0. The predicted octanol–water partition coefficient (Wildman–Crippen LogP) is 6.67. The number of alkyl halides is 6. The van der Waals surface area contributed by atoms with Crippen LogP contribution in [0.2, 0.25) is 0 Å². The topological polar surface area (TPSA) is 202 Å². The Balaban J connectivity index is 0.921. The molecule has 4 aromatic rings. The highest BCUT2D eigenvalue weighted by atomic mass is 19.4. The number of carbonyl (C=O) groups is 10. The molecule has 0 unspecified atom stereocenters. The monoisotopic (exact) mass is 1030 g/mol. The van der Waals surface area contributed by atoms with Gasteiger partial charge in [0, 0.05) is 56.7 Å². The van der Waals surface area contributed by atoms with Crippen molar-refractivity contribution in [2.24, 2.45) is 0 Å². The molecule has 0 aliphatic carbocycles. The molecule has 0 radical (unpaired) electrons. The van der Waals surface area contributed by atoms with E-state index in [0.29, 0.717) is 76.6 Å². The van der Waals surface area contributed by atoms with Gasteiger partial charge in [-0.2, -0.15) is 26.3 Å². The lowest BCUT2D eigenvalue weighted by Gasteiger charge is -2.38. The minimum Gasteiger partial charge on any atom is -0.465 e. The zero-order valence-electron chi connectivity index (χ0n) is 38.6. The molecular formula is C52H40F6N4O12. The number of carbonyl (C=O) groups excluding carboxylic acids is 10. The highest BCUT2D eigenvalue weighted by Gasteiger charge is 2.73. The molecule has 0 aromatic heterocycles. The van der Waals surface area contributed by atoms with Crippen LogP contribution in [0.4, 0.5) is 37.7 Å². The lowest BCUT2D eigenvalue weighted by molar-refractivity contribution is -0.288. The second-order valence-electron chi connectivity index (χ2n) is 17.3. The third kappa shape index (κ3) is 9.85. The number of unbranched alkanes of at least 4 members (excludes halogenated alkanes) is 2. The number of amides is 8. The maximum atomic E-state index is 15.5. The molecule has 8 amide bonds. The first-order chi connectivity index (χ1) is 35.1. The average molecular weight is 1030 g/mol. The molecular weight excluding hydrogens is 987 g/mol. The second-order valence-corrected chi connectivity index (χ2v) is 17.3. The summed E-state index contributed by atoms with van der Waals surface area (Å²) in [5, 5.41) is 0. The minimum absolute atomic E-state index is 0.0428. The summed E-state index contributed by atoms with van der Waals surface area (Å²) in [5.74, 6) is -7.62. The maximum Gasteiger partial charge on any atom is 0.411 e. The summed E-state index contributed by atoms with van der Waals surface area (Å²) in [6, 6.07) is 14.0. The van der Waals surface area contributed by atoms with Crippen molar-refractivity contribution >= 4 is 70.6 Å². The lowest BCUT2D eigenvalue weighted by Crippen LogP contribution is -2.55. The fourth-order valence-electron chi connectivity index (χ4n) is 8.95. The van der Waals surface area contributed by atoms with E-state index in [2.05, 4.69) is 0 Å². The Morgan fingerprint density at radius 3 is 1.22 bits per heavy atom. The molecule has 22 heteroatoms. The number of ether oxygens (including phenoxy) is 2. The van der Waals surface area contributed by atoms with Crippen LogP contribution in [0.25, 0.3) is 0 Å². The van der Waals surface area contributed by atoms with Crippen molar-refractivity contribution in [3.8, 4) is 0 Å². The van der Waals surface area contributed by atoms with Gasteiger partial charge in [0.2, 0.25) is 5.41 Å². The summed E-state index contributed by atoms with van der Waals surface area (Å²) >= 11 is 0. The van der Waals surface area contributed by atoms with E-state index >= 15 is 26.3 Å². The average Bonchev–Trinajstić information content (AvgIpc) is 4.02. The number of hydrogen-bond donors (Lipinski definition) is 0. The molecule has 382 valence electrons. The van der Waals surface area contributed by atoms with Gasteiger partial charge in [0.05, 0.1) is 53.3 Å². The van der Waals surface area contributed by atoms with E-state index in [1.807, 2.05) is 0 Å². The normalized spacial score (nSPS) is 15.6. The van der Waals surface area contributed by atoms with Crippen LogP contribution in [0.3, 0.4) is 0 Å². The van der Waals surface area contributed by atoms with Crippen molar-refractivity contribution in [3.63, 3.8) is 0 Å². The van der Waals surface area contributed by atoms with E-state index in [4.69, 9.17) is 9.47 Å². The molecule has 16 nitrogen and oxygen atoms in total. The third-order valence-electron chi connectivity index (χ3n) is 12.8. The Bertz CT molecular complexity index is 3040. The van der Waals surface area contributed by atoms with Crippen LogP contribution in [0.15, 0.2) is 109 Å². The van der Waals surface area contributed by atoms with Crippen molar-refractivity contribution in [3.05, 3.63) is 154 Å². The molecule has 0 fully saturated rings. The number of fused-ring (bicyclic) bond motifs is 2. The van der Waals surface area contributed by atoms with Gasteiger partial charge in [-0.3, -0.25) is 57.7 Å². The van der Waals surface area contributed by atoms with Crippen molar-refractivity contribution in [1.82, 2.24) is 9.80 Å². The molecule has 0 N–H and O–H groups in total. The van der Waals surface area contributed by atoms with E-state index in [1.54, 1.807) is 0 Å². The first-order valence-corrected chi connectivity index (χ1v) is 22.9. The lowest BCUT2D eigenvalue weighted by atomic mass is 9.71.